The number of nitrogens with zero attached hydrogens (tertiary/aromatic N) is 6. The first-order valence-electron chi connectivity index (χ1n) is 6.89. The van der Waals surface area contributed by atoms with E-state index in [9.17, 15) is 0 Å². The van der Waals surface area contributed by atoms with E-state index in [1.807, 2.05) is 65.5 Å². The predicted molar refractivity (Wildman–Crippen MR) is 83.9 cm³/mol. The van der Waals surface area contributed by atoms with Gasteiger partial charge in [0.15, 0.2) is 0 Å². The molecular weight excluding hydrogens is 276 g/mol. The van der Waals surface area contributed by atoms with E-state index >= 15 is 0 Å². The zero-order valence-corrected chi connectivity index (χ0v) is 11.9. The minimum absolute atomic E-state index is 0.373. The van der Waals surface area contributed by atoms with Gasteiger partial charge in [0.25, 0.3) is 0 Å². The van der Waals surface area contributed by atoms with Crippen molar-refractivity contribution in [1.29, 1.82) is 0 Å². The number of aromatic nitrogens is 3. The van der Waals surface area contributed by atoms with Gasteiger partial charge in [0, 0.05) is 10.5 Å². The first kappa shape index (κ1) is 13.9. The van der Waals surface area contributed by atoms with Crippen LogP contribution in [0.1, 0.15) is 11.1 Å². The highest BCUT2D eigenvalue weighted by Gasteiger charge is 2.03. The van der Waals surface area contributed by atoms with Crippen LogP contribution in [0.15, 0.2) is 65.9 Å². The molecular formula is C16H14N6. The van der Waals surface area contributed by atoms with Crippen molar-refractivity contribution < 1.29 is 0 Å². The summed E-state index contributed by atoms with van der Waals surface area (Å²) in [5, 5.41) is 11.9. The van der Waals surface area contributed by atoms with E-state index in [0.717, 1.165) is 22.4 Å². The molecule has 0 bridgehead atoms. The zero-order valence-electron chi connectivity index (χ0n) is 11.9. The molecule has 0 fully saturated rings. The fourth-order valence-electron chi connectivity index (χ4n) is 2.17. The van der Waals surface area contributed by atoms with Crippen LogP contribution in [0.5, 0.6) is 0 Å². The summed E-state index contributed by atoms with van der Waals surface area (Å²) in [6, 6.07) is 17.9. The minimum atomic E-state index is 0.373. The maximum atomic E-state index is 8.31. The monoisotopic (exact) mass is 290 g/mol. The van der Waals surface area contributed by atoms with Crippen molar-refractivity contribution in [2.45, 2.75) is 13.1 Å². The Balaban J connectivity index is 1.71. The lowest BCUT2D eigenvalue weighted by Gasteiger charge is -2.02. The topological polar surface area (TPSA) is 79.5 Å². The van der Waals surface area contributed by atoms with Gasteiger partial charge in [0.1, 0.15) is 5.69 Å². The number of benzene rings is 2. The summed E-state index contributed by atoms with van der Waals surface area (Å²) < 4.78 is 1.81. The summed E-state index contributed by atoms with van der Waals surface area (Å²) in [5.41, 5.74) is 12.3. The molecule has 22 heavy (non-hydrogen) atoms. The van der Waals surface area contributed by atoms with Crippen LogP contribution in [0.4, 0.5) is 0 Å². The Morgan fingerprint density at radius 1 is 1.00 bits per heavy atom. The van der Waals surface area contributed by atoms with Crippen LogP contribution in [0.3, 0.4) is 0 Å². The largest absolute Gasteiger partial charge is 0.247 e. The fraction of sp³-hybridized carbons (Fsp3) is 0.125. The quantitative estimate of drug-likeness (QED) is 0.407. The lowest BCUT2D eigenvalue weighted by molar-refractivity contribution is 0.649. The van der Waals surface area contributed by atoms with E-state index in [2.05, 4.69) is 20.3 Å². The molecule has 0 saturated carbocycles. The Hall–Kier alpha value is -3.11. The van der Waals surface area contributed by atoms with Crippen molar-refractivity contribution in [2.24, 2.45) is 5.11 Å². The molecule has 0 radical (unpaired) electrons. The first-order chi connectivity index (χ1) is 10.8. The van der Waals surface area contributed by atoms with Crippen molar-refractivity contribution in [3.63, 3.8) is 0 Å². The first-order valence-corrected chi connectivity index (χ1v) is 6.89. The Morgan fingerprint density at radius 3 is 2.45 bits per heavy atom. The van der Waals surface area contributed by atoms with Gasteiger partial charge in [-0.3, -0.25) is 0 Å². The molecule has 0 aliphatic rings. The van der Waals surface area contributed by atoms with E-state index in [1.165, 1.54) is 0 Å². The van der Waals surface area contributed by atoms with Gasteiger partial charge in [0.05, 0.1) is 19.3 Å². The van der Waals surface area contributed by atoms with E-state index in [4.69, 9.17) is 5.53 Å². The molecule has 0 atom stereocenters. The Labute approximate surface area is 127 Å². The number of hydrogen-bond acceptors (Lipinski definition) is 3. The van der Waals surface area contributed by atoms with Gasteiger partial charge in [-0.25, -0.2) is 4.68 Å². The maximum Gasteiger partial charge on any atom is 0.113 e. The van der Waals surface area contributed by atoms with Crippen LogP contribution in [0, 0.1) is 0 Å². The molecule has 3 rings (SSSR count). The molecule has 2 aromatic carbocycles. The SMILES string of the molecule is [N-]=[N+]=NCc1ccc(Cn2cc(-c3ccccc3)nn2)cc1. The number of rotatable bonds is 5. The summed E-state index contributed by atoms with van der Waals surface area (Å²) in [7, 11) is 0. The third-order valence-corrected chi connectivity index (χ3v) is 3.29. The normalized spacial score (nSPS) is 10.2. The lowest BCUT2D eigenvalue weighted by atomic mass is 10.1. The van der Waals surface area contributed by atoms with Crippen LogP contribution in [-0.2, 0) is 13.1 Å². The predicted octanol–water partition coefficient (Wildman–Crippen LogP) is 3.80. The Morgan fingerprint density at radius 2 is 1.73 bits per heavy atom. The van der Waals surface area contributed by atoms with Gasteiger partial charge >= 0.3 is 0 Å². The molecule has 6 heteroatoms. The second-order valence-corrected chi connectivity index (χ2v) is 4.87. The molecule has 0 aliphatic heterocycles. The van der Waals surface area contributed by atoms with E-state index < -0.39 is 0 Å². The number of azide groups is 1. The maximum absolute atomic E-state index is 8.31. The molecule has 1 heterocycles. The zero-order chi connectivity index (χ0) is 15.2. The van der Waals surface area contributed by atoms with Crippen molar-refractivity contribution in [2.75, 3.05) is 0 Å². The second-order valence-electron chi connectivity index (χ2n) is 4.87. The number of hydrogen-bond donors (Lipinski definition) is 0. The van der Waals surface area contributed by atoms with Gasteiger partial charge in [0.2, 0.25) is 0 Å². The minimum Gasteiger partial charge on any atom is -0.247 e. The third kappa shape index (κ3) is 3.31. The van der Waals surface area contributed by atoms with E-state index in [1.54, 1.807) is 0 Å². The summed E-state index contributed by atoms with van der Waals surface area (Å²) in [6.45, 7) is 1.03. The van der Waals surface area contributed by atoms with Crippen molar-refractivity contribution in [3.8, 4) is 11.3 Å². The molecule has 0 spiro atoms. The van der Waals surface area contributed by atoms with Crippen LogP contribution in [0.25, 0.3) is 21.7 Å². The molecule has 108 valence electrons. The molecule has 0 N–H and O–H groups in total. The van der Waals surface area contributed by atoms with E-state index in [0.29, 0.717) is 13.1 Å². The highest BCUT2D eigenvalue weighted by molar-refractivity contribution is 5.57. The summed E-state index contributed by atoms with van der Waals surface area (Å²) >= 11 is 0. The molecule has 0 amide bonds. The van der Waals surface area contributed by atoms with Crippen molar-refractivity contribution >= 4 is 0 Å². The molecule has 0 unspecified atom stereocenters. The van der Waals surface area contributed by atoms with Gasteiger partial charge in [-0.05, 0) is 16.7 Å². The molecule has 6 nitrogen and oxygen atoms in total. The molecule has 0 saturated heterocycles. The fourth-order valence-corrected chi connectivity index (χ4v) is 2.17. The van der Waals surface area contributed by atoms with Crippen LogP contribution < -0.4 is 0 Å². The van der Waals surface area contributed by atoms with Crippen LogP contribution >= 0.6 is 0 Å². The standard InChI is InChI=1S/C16H14N6/c17-20-18-10-13-6-8-14(9-7-13)11-22-12-16(19-21-22)15-4-2-1-3-5-15/h1-9,12H,10-11H2. The summed E-state index contributed by atoms with van der Waals surface area (Å²) in [6.07, 6.45) is 1.93. The molecule has 0 aliphatic carbocycles. The highest BCUT2D eigenvalue weighted by atomic mass is 15.4. The van der Waals surface area contributed by atoms with Gasteiger partial charge in [-0.1, -0.05) is 64.9 Å². The molecule has 3 aromatic rings. The van der Waals surface area contributed by atoms with E-state index in [-0.39, 0.29) is 0 Å². The average Bonchev–Trinajstić information content (AvgIpc) is 3.04. The van der Waals surface area contributed by atoms with Gasteiger partial charge in [-0.2, -0.15) is 0 Å². The second kappa shape index (κ2) is 6.56. The molecule has 1 aromatic heterocycles. The van der Waals surface area contributed by atoms with Crippen LogP contribution in [0.2, 0.25) is 0 Å². The van der Waals surface area contributed by atoms with Crippen molar-refractivity contribution in [3.05, 3.63) is 82.4 Å². The summed E-state index contributed by atoms with van der Waals surface area (Å²) in [5.74, 6) is 0. The van der Waals surface area contributed by atoms with Crippen molar-refractivity contribution in [1.82, 2.24) is 15.0 Å². The Kier molecular flexibility index (Phi) is 4.13. The smallest absolute Gasteiger partial charge is 0.113 e. The Bertz CT molecular complexity index is 785. The van der Waals surface area contributed by atoms with Gasteiger partial charge < -0.3 is 0 Å². The third-order valence-electron chi connectivity index (χ3n) is 3.29. The van der Waals surface area contributed by atoms with Crippen LogP contribution in [-0.4, -0.2) is 15.0 Å². The highest BCUT2D eigenvalue weighted by Crippen LogP contribution is 2.15. The van der Waals surface area contributed by atoms with Gasteiger partial charge in [-0.15, -0.1) is 5.10 Å². The average molecular weight is 290 g/mol. The lowest BCUT2D eigenvalue weighted by Crippen LogP contribution is -2.00. The summed E-state index contributed by atoms with van der Waals surface area (Å²) in [4.78, 5) is 2.76.